The third-order valence-corrected chi connectivity index (χ3v) is 6.31. The molecule has 0 spiro atoms. The van der Waals surface area contributed by atoms with Gasteiger partial charge in [-0.1, -0.05) is 12.1 Å². The van der Waals surface area contributed by atoms with Crippen LogP contribution in [0.5, 0.6) is 0 Å². The predicted octanol–water partition coefficient (Wildman–Crippen LogP) is 3.67. The summed E-state index contributed by atoms with van der Waals surface area (Å²) >= 11 is 0. The van der Waals surface area contributed by atoms with E-state index >= 15 is 0 Å². The van der Waals surface area contributed by atoms with Gasteiger partial charge >= 0.3 is 12.1 Å². The van der Waals surface area contributed by atoms with E-state index in [1.165, 1.54) is 18.9 Å². The van der Waals surface area contributed by atoms with Crippen molar-refractivity contribution in [3.05, 3.63) is 77.0 Å². The average molecular weight is 554 g/mol. The summed E-state index contributed by atoms with van der Waals surface area (Å²) in [7, 11) is 1.28. The third-order valence-electron chi connectivity index (χ3n) is 6.31. The Hall–Kier alpha value is -4.74. The van der Waals surface area contributed by atoms with Crippen LogP contribution < -0.4 is 16.4 Å². The van der Waals surface area contributed by atoms with Crippen LogP contribution in [0.2, 0.25) is 0 Å². The molecule has 1 atom stereocenters. The molecule has 1 unspecified atom stereocenters. The molecule has 1 saturated heterocycles. The zero-order valence-corrected chi connectivity index (χ0v) is 22.2. The van der Waals surface area contributed by atoms with Crippen LogP contribution in [0, 0.1) is 17.6 Å². The first-order valence-corrected chi connectivity index (χ1v) is 12.5. The summed E-state index contributed by atoms with van der Waals surface area (Å²) < 4.78 is 38.0. The molecule has 2 aliphatic rings. The standard InChI is InChI=1S/C28H29F2N5O5/c1-4-40-27(37)23-12-22(16-5-7-20(8-6-16)32-15(2)36)24(25(31)17-13-35(14-17)28(38)39-3)26(34-23)33-21-10-18(29)9-19(30)11-21/h5-12,17,23H,4,13-14,31H2,1-3H3,(H,32,36)(H,33,34). The molecular formula is C28H29F2N5O5. The minimum atomic E-state index is -1.09. The van der Waals surface area contributed by atoms with E-state index in [4.69, 9.17) is 15.2 Å². The molecule has 2 aliphatic heterocycles. The fourth-order valence-corrected chi connectivity index (χ4v) is 4.44. The molecule has 0 saturated carbocycles. The largest absolute Gasteiger partial charge is 0.464 e. The number of halogens is 2. The number of rotatable bonds is 6. The van der Waals surface area contributed by atoms with E-state index in [0.717, 1.165) is 18.2 Å². The number of nitrogens with one attached hydrogen (secondary N) is 2. The van der Waals surface area contributed by atoms with Gasteiger partial charge in [-0.3, -0.25) is 4.79 Å². The number of nitrogens with two attached hydrogens (primary N) is 1. The number of dihydropyridines is 1. The van der Waals surface area contributed by atoms with Crippen LogP contribution >= 0.6 is 0 Å². The summed E-state index contributed by atoms with van der Waals surface area (Å²) in [6, 6.07) is 8.66. The number of ether oxygens (including phenoxy) is 2. The monoisotopic (exact) mass is 553 g/mol. The first kappa shape index (κ1) is 28.3. The molecule has 12 heteroatoms. The molecule has 2 amide bonds. The molecule has 0 radical (unpaired) electrons. The maximum atomic E-state index is 14.0. The molecule has 2 heterocycles. The van der Waals surface area contributed by atoms with Crippen LogP contribution in [0.15, 0.2) is 64.8 Å². The Kier molecular flexibility index (Phi) is 8.46. The number of esters is 1. The lowest BCUT2D eigenvalue weighted by Gasteiger charge is -2.39. The molecule has 10 nitrogen and oxygen atoms in total. The Bertz CT molecular complexity index is 1390. The number of anilines is 2. The van der Waals surface area contributed by atoms with Crippen molar-refractivity contribution in [2.45, 2.75) is 19.9 Å². The number of hydrogen-bond acceptors (Lipinski definition) is 8. The van der Waals surface area contributed by atoms with Gasteiger partial charge in [0.1, 0.15) is 17.5 Å². The second-order valence-corrected chi connectivity index (χ2v) is 9.20. The SMILES string of the molecule is CCOC(=O)C1C=C(c2ccc(NC(C)=O)cc2)C(=C(N)C2CN(C(=O)OC)C2)C(Nc2cc(F)cc(F)c2)=N1. The van der Waals surface area contributed by atoms with Gasteiger partial charge in [-0.25, -0.2) is 23.4 Å². The Morgan fingerprint density at radius 2 is 1.73 bits per heavy atom. The quantitative estimate of drug-likeness (QED) is 0.465. The number of carbonyl (C=O) groups excluding carboxylic acids is 3. The number of amidine groups is 1. The number of methoxy groups -OCH3 is 1. The van der Waals surface area contributed by atoms with Gasteiger partial charge in [0.15, 0.2) is 6.04 Å². The van der Waals surface area contributed by atoms with Crippen molar-refractivity contribution >= 4 is 40.8 Å². The van der Waals surface area contributed by atoms with Gasteiger partial charge in [0.25, 0.3) is 0 Å². The summed E-state index contributed by atoms with van der Waals surface area (Å²) in [4.78, 5) is 42.2. The number of hydrogen-bond donors (Lipinski definition) is 3. The molecular weight excluding hydrogens is 524 g/mol. The zero-order chi connectivity index (χ0) is 29.0. The second-order valence-electron chi connectivity index (χ2n) is 9.20. The van der Waals surface area contributed by atoms with E-state index in [1.54, 1.807) is 37.3 Å². The lowest BCUT2D eigenvalue weighted by atomic mass is 9.85. The fraction of sp³-hybridized carbons (Fsp3) is 0.286. The number of carbonyl (C=O) groups is 3. The predicted molar refractivity (Wildman–Crippen MR) is 145 cm³/mol. The van der Waals surface area contributed by atoms with E-state index in [9.17, 15) is 23.2 Å². The van der Waals surface area contributed by atoms with E-state index in [-0.39, 0.29) is 43.0 Å². The summed E-state index contributed by atoms with van der Waals surface area (Å²) in [5.41, 5.74) is 9.18. The highest BCUT2D eigenvalue weighted by atomic mass is 19.1. The number of likely N-dealkylation sites (tertiary alicyclic amines) is 1. The molecule has 40 heavy (non-hydrogen) atoms. The first-order valence-electron chi connectivity index (χ1n) is 12.5. The number of benzene rings is 2. The van der Waals surface area contributed by atoms with Crippen molar-refractivity contribution in [3.63, 3.8) is 0 Å². The molecule has 210 valence electrons. The highest BCUT2D eigenvalue weighted by Crippen LogP contribution is 2.36. The van der Waals surface area contributed by atoms with Crippen LogP contribution in [0.3, 0.4) is 0 Å². The topological polar surface area (TPSA) is 135 Å². The van der Waals surface area contributed by atoms with E-state index in [0.29, 0.717) is 28.1 Å². The Morgan fingerprint density at radius 3 is 2.30 bits per heavy atom. The van der Waals surface area contributed by atoms with Crippen molar-refractivity contribution in [2.24, 2.45) is 16.6 Å². The van der Waals surface area contributed by atoms with Crippen LogP contribution in [0.25, 0.3) is 5.57 Å². The van der Waals surface area contributed by atoms with Gasteiger partial charge in [-0.15, -0.1) is 0 Å². The average Bonchev–Trinajstić information content (AvgIpc) is 2.86. The van der Waals surface area contributed by atoms with Crippen molar-refractivity contribution < 1.29 is 32.6 Å². The van der Waals surface area contributed by atoms with E-state index < -0.39 is 29.7 Å². The van der Waals surface area contributed by atoms with Gasteiger partial charge in [-0.2, -0.15) is 0 Å². The number of amides is 2. The lowest BCUT2D eigenvalue weighted by molar-refractivity contribution is -0.143. The molecule has 2 aromatic carbocycles. The Balaban J connectivity index is 1.82. The molecule has 1 fully saturated rings. The second kappa shape index (κ2) is 12.0. The van der Waals surface area contributed by atoms with Gasteiger partial charge in [-0.05, 0) is 48.4 Å². The van der Waals surface area contributed by atoms with Crippen molar-refractivity contribution in [3.8, 4) is 0 Å². The van der Waals surface area contributed by atoms with Gasteiger partial charge < -0.3 is 30.7 Å². The molecule has 4 N–H and O–H groups in total. The van der Waals surface area contributed by atoms with Crippen molar-refractivity contribution in [1.29, 1.82) is 0 Å². The van der Waals surface area contributed by atoms with E-state index in [1.807, 2.05) is 0 Å². The summed E-state index contributed by atoms with van der Waals surface area (Å²) in [6.45, 7) is 3.73. The van der Waals surface area contributed by atoms with Crippen molar-refractivity contribution in [1.82, 2.24) is 4.90 Å². The minimum absolute atomic E-state index is 0.0520. The smallest absolute Gasteiger partial charge is 0.409 e. The van der Waals surface area contributed by atoms with Crippen LogP contribution in [0.1, 0.15) is 19.4 Å². The van der Waals surface area contributed by atoms with Gasteiger partial charge in [0.2, 0.25) is 5.91 Å². The summed E-state index contributed by atoms with van der Waals surface area (Å²) in [5, 5.41) is 5.62. The van der Waals surface area contributed by atoms with Gasteiger partial charge in [0, 0.05) is 54.6 Å². The third kappa shape index (κ3) is 6.28. The Labute approximate surface area is 229 Å². The van der Waals surface area contributed by atoms with Crippen LogP contribution in [-0.2, 0) is 19.1 Å². The molecule has 0 aliphatic carbocycles. The molecule has 2 aromatic rings. The maximum Gasteiger partial charge on any atom is 0.409 e. The van der Waals surface area contributed by atoms with Crippen LogP contribution in [-0.4, -0.2) is 61.6 Å². The molecule has 0 aromatic heterocycles. The normalized spacial score (nSPS) is 18.1. The highest BCUT2D eigenvalue weighted by molar-refractivity contribution is 6.21. The lowest BCUT2D eigenvalue weighted by Crippen LogP contribution is -2.52. The maximum absolute atomic E-state index is 14.0. The fourth-order valence-electron chi connectivity index (χ4n) is 4.44. The molecule has 4 rings (SSSR count). The molecule has 0 bridgehead atoms. The number of aliphatic imine (C=N–C) groups is 1. The summed E-state index contributed by atoms with van der Waals surface area (Å²) in [5.74, 6) is -2.67. The van der Waals surface area contributed by atoms with Crippen molar-refractivity contribution in [2.75, 3.05) is 37.4 Å². The zero-order valence-electron chi connectivity index (χ0n) is 22.2. The Morgan fingerprint density at radius 1 is 1.07 bits per heavy atom. The first-order chi connectivity index (χ1) is 19.1. The van der Waals surface area contributed by atoms with E-state index in [2.05, 4.69) is 15.6 Å². The van der Waals surface area contributed by atoms with Gasteiger partial charge in [0.05, 0.1) is 13.7 Å². The minimum Gasteiger partial charge on any atom is -0.464 e. The summed E-state index contributed by atoms with van der Waals surface area (Å²) in [6.07, 6.45) is 1.11. The van der Waals surface area contributed by atoms with Crippen LogP contribution in [0.4, 0.5) is 25.0 Å². The number of nitrogens with zero attached hydrogens (tertiary/aromatic N) is 2. The highest BCUT2D eigenvalue weighted by Gasteiger charge is 2.37.